The number of rotatable bonds is 5. The lowest BCUT2D eigenvalue weighted by Crippen LogP contribution is -2.18. The van der Waals surface area contributed by atoms with Gasteiger partial charge in [-0.25, -0.2) is 0 Å². The molecule has 3 aromatic rings. The zero-order chi connectivity index (χ0) is 17.8. The minimum atomic E-state index is -0.163. The van der Waals surface area contributed by atoms with E-state index in [1.165, 1.54) is 11.1 Å². The van der Waals surface area contributed by atoms with Gasteiger partial charge in [-0.2, -0.15) is 0 Å². The second-order valence-corrected chi connectivity index (χ2v) is 6.79. The molecule has 0 aliphatic carbocycles. The highest BCUT2D eigenvalue weighted by atomic mass is 16.1. The van der Waals surface area contributed by atoms with E-state index in [9.17, 15) is 4.79 Å². The summed E-state index contributed by atoms with van der Waals surface area (Å²) in [6.07, 6.45) is 0.719. The van der Waals surface area contributed by atoms with Gasteiger partial charge in [0.05, 0.1) is 5.92 Å². The molecule has 0 saturated heterocycles. The summed E-state index contributed by atoms with van der Waals surface area (Å²) in [6.45, 7) is 6.16. The molecule has 25 heavy (non-hydrogen) atoms. The first kappa shape index (κ1) is 17.2. The summed E-state index contributed by atoms with van der Waals surface area (Å²) < 4.78 is 0. The third-order valence-corrected chi connectivity index (χ3v) is 4.72. The first-order chi connectivity index (χ1) is 12.1. The average Bonchev–Trinajstić information content (AvgIpc) is 2.60. The number of hydrogen-bond donors (Lipinski definition) is 0. The van der Waals surface area contributed by atoms with Crippen molar-refractivity contribution in [2.24, 2.45) is 0 Å². The number of benzene rings is 3. The molecule has 0 amide bonds. The number of aryl methyl sites for hydroxylation is 3. The molecule has 0 radical (unpaired) electrons. The van der Waals surface area contributed by atoms with Crippen molar-refractivity contribution < 1.29 is 4.79 Å². The minimum Gasteiger partial charge on any atom is -0.293 e. The molecule has 1 atom stereocenters. The second-order valence-electron chi connectivity index (χ2n) is 6.79. The van der Waals surface area contributed by atoms with E-state index in [0.29, 0.717) is 0 Å². The molecule has 0 unspecified atom stereocenters. The molecule has 3 aromatic carbocycles. The van der Waals surface area contributed by atoms with Crippen molar-refractivity contribution >= 4 is 5.78 Å². The molecule has 0 aliphatic rings. The lowest BCUT2D eigenvalue weighted by Gasteiger charge is -2.20. The Morgan fingerprint density at radius 3 is 1.88 bits per heavy atom. The minimum absolute atomic E-state index is 0.163. The van der Waals surface area contributed by atoms with Gasteiger partial charge in [0, 0.05) is 5.56 Å². The first-order valence-corrected chi connectivity index (χ1v) is 8.77. The molecular formula is C24H24O. The van der Waals surface area contributed by atoms with E-state index in [4.69, 9.17) is 0 Å². The van der Waals surface area contributed by atoms with Crippen LogP contribution in [0.15, 0.2) is 72.8 Å². The maximum Gasteiger partial charge on any atom is 0.171 e. The average molecular weight is 328 g/mol. The Kier molecular flexibility index (Phi) is 5.14. The van der Waals surface area contributed by atoms with Crippen LogP contribution in [-0.2, 0) is 6.42 Å². The normalized spacial score (nSPS) is 12.0. The molecule has 1 heteroatoms. The third-order valence-electron chi connectivity index (χ3n) is 4.72. The summed E-state index contributed by atoms with van der Waals surface area (Å²) in [5.41, 5.74) is 6.47. The van der Waals surface area contributed by atoms with Gasteiger partial charge in [-0.05, 0) is 49.4 Å². The van der Waals surface area contributed by atoms with Crippen LogP contribution in [-0.4, -0.2) is 5.78 Å². The van der Waals surface area contributed by atoms with Crippen LogP contribution in [0, 0.1) is 20.8 Å². The summed E-state index contributed by atoms with van der Waals surface area (Å²) in [6, 6.07) is 24.6. The number of carbonyl (C=O) groups excluding carboxylic acids is 1. The molecule has 1 nitrogen and oxygen atoms in total. The van der Waals surface area contributed by atoms with E-state index in [0.717, 1.165) is 28.7 Å². The molecule has 0 aromatic heterocycles. The van der Waals surface area contributed by atoms with E-state index in [1.807, 2.05) is 50.2 Å². The highest BCUT2D eigenvalue weighted by Crippen LogP contribution is 2.28. The Bertz CT molecular complexity index is 840. The van der Waals surface area contributed by atoms with Gasteiger partial charge in [0.15, 0.2) is 5.78 Å². The Morgan fingerprint density at radius 2 is 1.32 bits per heavy atom. The maximum absolute atomic E-state index is 13.5. The van der Waals surface area contributed by atoms with Crippen molar-refractivity contribution in [2.75, 3.05) is 0 Å². The van der Waals surface area contributed by atoms with E-state index in [2.05, 4.69) is 43.3 Å². The van der Waals surface area contributed by atoms with Gasteiger partial charge in [0.2, 0.25) is 0 Å². The Labute approximate surface area is 150 Å². The standard InChI is InChI=1S/C24H24O/c1-17-14-18(2)23(19(3)15-17)24(25)22(21-12-8-5-9-13-21)16-20-10-6-4-7-11-20/h4-15,22H,16H2,1-3H3/t22-/m1/s1. The summed E-state index contributed by atoms with van der Waals surface area (Å²) in [5.74, 6) is 0.0498. The van der Waals surface area contributed by atoms with Gasteiger partial charge >= 0.3 is 0 Å². The molecule has 0 heterocycles. The highest BCUT2D eigenvalue weighted by Gasteiger charge is 2.25. The number of Topliss-reactive ketones (excluding diaryl/α,β-unsaturated/α-hetero) is 1. The van der Waals surface area contributed by atoms with Gasteiger partial charge in [-0.3, -0.25) is 4.79 Å². The van der Waals surface area contributed by atoms with Crippen LogP contribution >= 0.6 is 0 Å². The molecular weight excluding hydrogens is 304 g/mol. The van der Waals surface area contributed by atoms with Gasteiger partial charge < -0.3 is 0 Å². The SMILES string of the molecule is Cc1cc(C)c(C(=O)[C@H](Cc2ccccc2)c2ccccc2)c(C)c1. The van der Waals surface area contributed by atoms with Crippen molar-refractivity contribution in [1.82, 2.24) is 0 Å². The highest BCUT2D eigenvalue weighted by molar-refractivity contribution is 6.03. The molecule has 126 valence electrons. The molecule has 3 rings (SSSR count). The molecule has 0 fully saturated rings. The van der Waals surface area contributed by atoms with Crippen LogP contribution < -0.4 is 0 Å². The lowest BCUT2D eigenvalue weighted by molar-refractivity contribution is 0.0957. The van der Waals surface area contributed by atoms with Crippen LogP contribution in [0.1, 0.15) is 44.1 Å². The van der Waals surface area contributed by atoms with E-state index in [1.54, 1.807) is 0 Å². The van der Waals surface area contributed by atoms with Crippen LogP contribution in [0.3, 0.4) is 0 Å². The molecule has 0 bridgehead atoms. The van der Waals surface area contributed by atoms with Crippen molar-refractivity contribution in [3.8, 4) is 0 Å². The maximum atomic E-state index is 13.5. The fraction of sp³-hybridized carbons (Fsp3) is 0.208. The zero-order valence-corrected chi connectivity index (χ0v) is 15.1. The number of hydrogen-bond acceptors (Lipinski definition) is 1. The van der Waals surface area contributed by atoms with Crippen LogP contribution in [0.25, 0.3) is 0 Å². The van der Waals surface area contributed by atoms with Crippen LogP contribution in [0.5, 0.6) is 0 Å². The Balaban J connectivity index is 2.04. The molecule has 0 saturated carbocycles. The number of carbonyl (C=O) groups is 1. The third kappa shape index (κ3) is 3.88. The first-order valence-electron chi connectivity index (χ1n) is 8.77. The van der Waals surface area contributed by atoms with Gasteiger partial charge in [-0.15, -0.1) is 0 Å². The lowest BCUT2D eigenvalue weighted by atomic mass is 9.82. The molecule has 0 N–H and O–H groups in total. The fourth-order valence-corrected chi connectivity index (χ4v) is 3.64. The van der Waals surface area contributed by atoms with Crippen molar-refractivity contribution in [2.45, 2.75) is 33.1 Å². The molecule has 0 aliphatic heterocycles. The predicted octanol–water partition coefficient (Wildman–Crippen LogP) is 5.82. The Morgan fingerprint density at radius 1 is 0.800 bits per heavy atom. The quantitative estimate of drug-likeness (QED) is 0.539. The monoisotopic (exact) mass is 328 g/mol. The van der Waals surface area contributed by atoms with Crippen molar-refractivity contribution in [3.63, 3.8) is 0 Å². The predicted molar refractivity (Wildman–Crippen MR) is 104 cm³/mol. The van der Waals surface area contributed by atoms with Crippen LogP contribution in [0.2, 0.25) is 0 Å². The summed E-state index contributed by atoms with van der Waals surface area (Å²) in [5, 5.41) is 0. The fourth-order valence-electron chi connectivity index (χ4n) is 3.64. The van der Waals surface area contributed by atoms with Gasteiger partial charge in [0.1, 0.15) is 0 Å². The smallest absolute Gasteiger partial charge is 0.171 e. The second kappa shape index (κ2) is 7.48. The van der Waals surface area contributed by atoms with Crippen LogP contribution in [0.4, 0.5) is 0 Å². The van der Waals surface area contributed by atoms with E-state index >= 15 is 0 Å². The zero-order valence-electron chi connectivity index (χ0n) is 15.1. The van der Waals surface area contributed by atoms with Crippen molar-refractivity contribution in [1.29, 1.82) is 0 Å². The summed E-state index contributed by atoms with van der Waals surface area (Å²) >= 11 is 0. The summed E-state index contributed by atoms with van der Waals surface area (Å²) in [4.78, 5) is 13.5. The summed E-state index contributed by atoms with van der Waals surface area (Å²) in [7, 11) is 0. The van der Waals surface area contributed by atoms with Gasteiger partial charge in [-0.1, -0.05) is 78.4 Å². The number of ketones is 1. The molecule has 0 spiro atoms. The van der Waals surface area contributed by atoms with E-state index < -0.39 is 0 Å². The van der Waals surface area contributed by atoms with E-state index in [-0.39, 0.29) is 11.7 Å². The van der Waals surface area contributed by atoms with Crippen molar-refractivity contribution in [3.05, 3.63) is 106 Å². The Hall–Kier alpha value is -2.67. The van der Waals surface area contributed by atoms with Gasteiger partial charge in [0.25, 0.3) is 0 Å². The topological polar surface area (TPSA) is 17.1 Å². The largest absolute Gasteiger partial charge is 0.293 e.